The van der Waals surface area contributed by atoms with Crippen LogP contribution in [0.15, 0.2) is 54.3 Å². The summed E-state index contributed by atoms with van der Waals surface area (Å²) in [7, 11) is -3.54. The van der Waals surface area contributed by atoms with Gasteiger partial charge in [-0.2, -0.15) is 8.42 Å². The van der Waals surface area contributed by atoms with Crippen LogP contribution in [-0.4, -0.2) is 40.5 Å². The zero-order chi connectivity index (χ0) is 22.0. The maximum absolute atomic E-state index is 12.0. The first-order valence-electron chi connectivity index (χ1n) is 9.53. The molecule has 0 aliphatic carbocycles. The maximum atomic E-state index is 12.0. The Morgan fingerprint density at radius 1 is 0.967 bits per heavy atom. The highest BCUT2D eigenvalue weighted by Crippen LogP contribution is 2.18. The Morgan fingerprint density at radius 3 is 2.30 bits per heavy atom. The van der Waals surface area contributed by atoms with E-state index in [1.165, 1.54) is 0 Å². The minimum atomic E-state index is -3.54. The van der Waals surface area contributed by atoms with Gasteiger partial charge in [-0.15, -0.1) is 0 Å². The first-order valence-corrected chi connectivity index (χ1v) is 11.3. The molecule has 0 saturated heterocycles. The van der Waals surface area contributed by atoms with Gasteiger partial charge in [-0.1, -0.05) is 24.3 Å². The second kappa shape index (κ2) is 11.3. The number of carbonyl (C=O) groups is 1. The van der Waals surface area contributed by atoms with Gasteiger partial charge in [0.1, 0.15) is 11.5 Å². The first kappa shape index (κ1) is 23.3. The van der Waals surface area contributed by atoms with Crippen LogP contribution in [0.3, 0.4) is 0 Å². The topological polar surface area (TPSA) is 88.1 Å². The van der Waals surface area contributed by atoms with Crippen LogP contribution in [-0.2, 0) is 30.8 Å². The predicted molar refractivity (Wildman–Crippen MR) is 114 cm³/mol. The van der Waals surface area contributed by atoms with Gasteiger partial charge in [0.25, 0.3) is 0 Å². The highest BCUT2D eigenvalue weighted by atomic mass is 32.2. The molecule has 8 heteroatoms. The second-order valence-corrected chi connectivity index (χ2v) is 7.84. The molecule has 0 fully saturated rings. The summed E-state index contributed by atoms with van der Waals surface area (Å²) >= 11 is 0. The number of rotatable bonds is 11. The smallest absolute Gasteiger partial charge is 0.373 e. The Kier molecular flexibility index (Phi) is 8.73. The molecule has 2 rings (SSSR count). The van der Waals surface area contributed by atoms with Gasteiger partial charge >= 0.3 is 16.1 Å². The van der Waals surface area contributed by atoms with Crippen LogP contribution < -0.4 is 8.92 Å². The van der Waals surface area contributed by atoms with Gasteiger partial charge in [0, 0.05) is 6.42 Å². The summed E-state index contributed by atoms with van der Waals surface area (Å²) in [6, 6.07) is 14.1. The largest absolute Gasteiger partial charge is 0.493 e. The van der Waals surface area contributed by atoms with Gasteiger partial charge in [0.05, 0.1) is 26.1 Å². The van der Waals surface area contributed by atoms with Crippen LogP contribution >= 0.6 is 0 Å². The Morgan fingerprint density at radius 2 is 1.67 bits per heavy atom. The molecular weight excluding hydrogens is 408 g/mol. The zero-order valence-electron chi connectivity index (χ0n) is 17.3. The van der Waals surface area contributed by atoms with Gasteiger partial charge in [0.15, 0.2) is 0 Å². The quantitative estimate of drug-likeness (QED) is 0.231. The lowest BCUT2D eigenvalue weighted by atomic mass is 10.1. The normalized spacial score (nSPS) is 11.6. The molecule has 0 N–H and O–H groups in total. The SMILES string of the molecule is CCOC(=O)/C(=C/c1cccc(OCCc2ccc(OS(C)(=O)=O)cc2)c1)OCC. The molecule has 0 aliphatic rings. The van der Waals surface area contributed by atoms with E-state index in [1.54, 1.807) is 50.3 Å². The third-order valence-electron chi connectivity index (χ3n) is 3.76. The van der Waals surface area contributed by atoms with Crippen molar-refractivity contribution < 1.29 is 31.6 Å². The third kappa shape index (κ3) is 8.16. The fourth-order valence-corrected chi connectivity index (χ4v) is 3.00. The molecule has 0 unspecified atom stereocenters. The molecular formula is C22H26O7S. The molecule has 0 spiro atoms. The van der Waals surface area contributed by atoms with Gasteiger partial charge < -0.3 is 18.4 Å². The van der Waals surface area contributed by atoms with Crippen molar-refractivity contribution in [2.75, 3.05) is 26.1 Å². The molecule has 0 aliphatic heterocycles. The standard InChI is InChI=1S/C22H26O7S/c1-4-26-21(22(23)27-5-2)16-18-7-6-8-20(15-18)28-14-13-17-9-11-19(12-10-17)29-30(3,24)25/h6-12,15-16H,4-5,13-14H2,1-3H3/b21-16-. The number of benzene rings is 2. The molecule has 0 atom stereocenters. The molecule has 2 aromatic rings. The van der Waals surface area contributed by atoms with Crippen LogP contribution in [0.25, 0.3) is 6.08 Å². The van der Waals surface area contributed by atoms with Crippen molar-refractivity contribution in [3.05, 3.63) is 65.4 Å². The molecule has 0 aromatic heterocycles. The Hall–Kier alpha value is -3.00. The molecule has 0 bridgehead atoms. The highest BCUT2D eigenvalue weighted by Gasteiger charge is 2.12. The van der Waals surface area contributed by atoms with E-state index in [2.05, 4.69) is 0 Å². The molecule has 0 amide bonds. The van der Waals surface area contributed by atoms with Crippen molar-refractivity contribution in [2.24, 2.45) is 0 Å². The van der Waals surface area contributed by atoms with E-state index in [4.69, 9.17) is 18.4 Å². The monoisotopic (exact) mass is 434 g/mol. The molecule has 0 radical (unpaired) electrons. The summed E-state index contributed by atoms with van der Waals surface area (Å²) in [6.45, 7) is 4.59. The minimum Gasteiger partial charge on any atom is -0.493 e. The first-order chi connectivity index (χ1) is 14.3. The van der Waals surface area contributed by atoms with Gasteiger partial charge in [0.2, 0.25) is 5.76 Å². The van der Waals surface area contributed by atoms with Crippen molar-refractivity contribution in [1.29, 1.82) is 0 Å². The van der Waals surface area contributed by atoms with Crippen LogP contribution in [0.2, 0.25) is 0 Å². The summed E-state index contributed by atoms with van der Waals surface area (Å²) < 4.78 is 43.3. The van der Waals surface area contributed by atoms with Gasteiger partial charge in [-0.25, -0.2) is 4.79 Å². The number of esters is 1. The van der Waals surface area contributed by atoms with Crippen LogP contribution in [0, 0.1) is 0 Å². The average molecular weight is 435 g/mol. The molecule has 7 nitrogen and oxygen atoms in total. The van der Waals surface area contributed by atoms with Crippen molar-refractivity contribution in [3.8, 4) is 11.5 Å². The summed E-state index contributed by atoms with van der Waals surface area (Å²) in [6.07, 6.45) is 3.25. The van der Waals surface area contributed by atoms with Crippen LogP contribution in [0.5, 0.6) is 11.5 Å². The second-order valence-electron chi connectivity index (χ2n) is 6.26. The molecule has 2 aromatic carbocycles. The van der Waals surface area contributed by atoms with Gasteiger partial charge in [-0.3, -0.25) is 0 Å². The molecule has 30 heavy (non-hydrogen) atoms. The summed E-state index contributed by atoms with van der Waals surface area (Å²) in [5.74, 6) is 0.565. The van der Waals surface area contributed by atoms with E-state index in [0.717, 1.165) is 17.4 Å². The lowest BCUT2D eigenvalue weighted by Gasteiger charge is -2.09. The summed E-state index contributed by atoms with van der Waals surface area (Å²) in [4.78, 5) is 12.0. The lowest BCUT2D eigenvalue weighted by Crippen LogP contribution is -2.10. The van der Waals surface area contributed by atoms with Crippen molar-refractivity contribution in [2.45, 2.75) is 20.3 Å². The maximum Gasteiger partial charge on any atom is 0.373 e. The molecule has 162 valence electrons. The molecule has 0 heterocycles. The van der Waals surface area contributed by atoms with E-state index >= 15 is 0 Å². The Balaban J connectivity index is 1.96. The highest BCUT2D eigenvalue weighted by molar-refractivity contribution is 7.86. The fourth-order valence-electron chi connectivity index (χ4n) is 2.54. The molecule has 0 saturated carbocycles. The van der Waals surface area contributed by atoms with E-state index in [-0.39, 0.29) is 18.1 Å². The number of hydrogen-bond acceptors (Lipinski definition) is 7. The lowest BCUT2D eigenvalue weighted by molar-refractivity contribution is -0.142. The number of hydrogen-bond donors (Lipinski definition) is 0. The number of ether oxygens (including phenoxy) is 3. The Bertz CT molecular complexity index is 963. The van der Waals surface area contributed by atoms with Gasteiger partial charge in [-0.05, 0) is 55.3 Å². The van der Waals surface area contributed by atoms with E-state index in [0.29, 0.717) is 25.4 Å². The summed E-state index contributed by atoms with van der Waals surface area (Å²) in [5.41, 5.74) is 1.74. The van der Waals surface area contributed by atoms with E-state index in [1.807, 2.05) is 18.2 Å². The van der Waals surface area contributed by atoms with Crippen LogP contribution in [0.4, 0.5) is 0 Å². The van der Waals surface area contributed by atoms with Crippen molar-refractivity contribution in [3.63, 3.8) is 0 Å². The number of carbonyl (C=O) groups excluding carboxylic acids is 1. The van der Waals surface area contributed by atoms with Crippen molar-refractivity contribution >= 4 is 22.2 Å². The van der Waals surface area contributed by atoms with Crippen molar-refractivity contribution in [1.82, 2.24) is 0 Å². The predicted octanol–water partition coefficient (Wildman–Crippen LogP) is 3.59. The van der Waals surface area contributed by atoms with Crippen LogP contribution in [0.1, 0.15) is 25.0 Å². The van der Waals surface area contributed by atoms with E-state index in [9.17, 15) is 13.2 Å². The summed E-state index contributed by atoms with van der Waals surface area (Å²) in [5, 5.41) is 0. The van der Waals surface area contributed by atoms with E-state index < -0.39 is 16.1 Å². The minimum absolute atomic E-state index is 0.146. The average Bonchev–Trinajstić information content (AvgIpc) is 2.68. The third-order valence-corrected chi connectivity index (χ3v) is 4.26. The Labute approximate surface area is 177 Å². The fraction of sp³-hybridized carbons (Fsp3) is 0.318. The zero-order valence-corrected chi connectivity index (χ0v) is 18.1.